The van der Waals surface area contributed by atoms with E-state index in [1.165, 1.54) is 37.8 Å². The molecule has 148 valence electrons. The average molecular weight is 394 g/mol. The van der Waals surface area contributed by atoms with Gasteiger partial charge in [0.15, 0.2) is 17.3 Å². The van der Waals surface area contributed by atoms with E-state index in [-0.39, 0.29) is 17.9 Å². The molecule has 3 rings (SSSR count). The number of hydrogen-bond acceptors (Lipinski definition) is 6. The van der Waals surface area contributed by atoms with Crippen LogP contribution in [0.2, 0.25) is 0 Å². The first-order valence-electron chi connectivity index (χ1n) is 8.57. The molecule has 2 N–H and O–H groups in total. The molecule has 0 aliphatic heterocycles. The van der Waals surface area contributed by atoms with Crippen LogP contribution in [0.15, 0.2) is 70.4 Å². The Hall–Kier alpha value is -4.07. The van der Waals surface area contributed by atoms with Gasteiger partial charge in [-0.15, -0.1) is 0 Å². The molecule has 0 saturated carbocycles. The van der Waals surface area contributed by atoms with E-state index in [0.717, 1.165) is 5.56 Å². The van der Waals surface area contributed by atoms with E-state index in [1.807, 2.05) is 0 Å². The molecular weight excluding hydrogens is 376 g/mol. The van der Waals surface area contributed by atoms with Crippen LogP contribution in [-0.4, -0.2) is 30.3 Å². The summed E-state index contributed by atoms with van der Waals surface area (Å²) in [6.07, 6.45) is 2.88. The van der Waals surface area contributed by atoms with Gasteiger partial charge in [-0.05, 0) is 53.6 Å². The van der Waals surface area contributed by atoms with Crippen molar-refractivity contribution in [3.8, 4) is 11.5 Å². The van der Waals surface area contributed by atoms with Gasteiger partial charge >= 0.3 is 11.9 Å². The van der Waals surface area contributed by atoms with Crippen LogP contribution in [0.3, 0.4) is 0 Å². The number of furan rings is 1. The van der Waals surface area contributed by atoms with E-state index in [9.17, 15) is 9.59 Å². The predicted octanol–water partition coefficient (Wildman–Crippen LogP) is 3.33. The molecule has 1 amide bonds. The lowest BCUT2D eigenvalue weighted by Crippen LogP contribution is -2.16. The standard InChI is InChI=1S/C21H18N2O6/c1-27-19-11-15(12-22-23-20(24)18-3-2-10-28-18)6-9-17(19)29-13-14-4-7-16(8-5-14)21(25)26/h2-12H,13H2,1H3,(H,23,24)(H,25,26). The van der Waals surface area contributed by atoms with Crippen LogP contribution in [0, 0.1) is 0 Å². The van der Waals surface area contributed by atoms with Crippen molar-refractivity contribution in [3.63, 3.8) is 0 Å². The van der Waals surface area contributed by atoms with Crippen molar-refractivity contribution >= 4 is 18.1 Å². The number of carboxylic acids is 1. The number of ether oxygens (including phenoxy) is 2. The Bertz CT molecular complexity index is 1010. The molecule has 1 heterocycles. The fraction of sp³-hybridized carbons (Fsp3) is 0.0952. The highest BCUT2D eigenvalue weighted by atomic mass is 16.5. The van der Waals surface area contributed by atoms with E-state index in [4.69, 9.17) is 19.0 Å². The zero-order valence-electron chi connectivity index (χ0n) is 15.5. The van der Waals surface area contributed by atoms with Gasteiger partial charge < -0.3 is 19.0 Å². The van der Waals surface area contributed by atoms with Gasteiger partial charge in [0.25, 0.3) is 0 Å². The Morgan fingerprint density at radius 1 is 1.14 bits per heavy atom. The van der Waals surface area contributed by atoms with Crippen LogP contribution in [0.4, 0.5) is 0 Å². The smallest absolute Gasteiger partial charge is 0.335 e. The third-order valence-corrected chi connectivity index (χ3v) is 3.91. The number of methoxy groups -OCH3 is 1. The third kappa shape index (κ3) is 5.23. The van der Waals surface area contributed by atoms with Gasteiger partial charge in [-0.2, -0.15) is 5.10 Å². The summed E-state index contributed by atoms with van der Waals surface area (Å²) in [5, 5.41) is 12.8. The molecule has 29 heavy (non-hydrogen) atoms. The fourth-order valence-corrected chi connectivity index (χ4v) is 2.42. The molecule has 0 radical (unpaired) electrons. The molecular formula is C21H18N2O6. The zero-order valence-corrected chi connectivity index (χ0v) is 15.5. The maximum absolute atomic E-state index is 11.8. The Labute approximate surface area is 166 Å². The van der Waals surface area contributed by atoms with E-state index in [0.29, 0.717) is 17.1 Å². The fourth-order valence-electron chi connectivity index (χ4n) is 2.42. The molecule has 2 aromatic carbocycles. The molecule has 0 fully saturated rings. The average Bonchev–Trinajstić information content (AvgIpc) is 3.28. The van der Waals surface area contributed by atoms with Crippen LogP contribution in [0.25, 0.3) is 0 Å². The first-order valence-corrected chi connectivity index (χ1v) is 8.57. The molecule has 0 aliphatic carbocycles. The van der Waals surface area contributed by atoms with Gasteiger partial charge in [0.1, 0.15) is 6.61 Å². The van der Waals surface area contributed by atoms with E-state index < -0.39 is 11.9 Å². The number of nitrogens with one attached hydrogen (secondary N) is 1. The van der Waals surface area contributed by atoms with E-state index >= 15 is 0 Å². The molecule has 8 heteroatoms. The SMILES string of the molecule is COc1cc(C=NNC(=O)c2ccco2)ccc1OCc1ccc(C(=O)O)cc1. The lowest BCUT2D eigenvalue weighted by atomic mass is 10.1. The van der Waals surface area contributed by atoms with Crippen LogP contribution >= 0.6 is 0 Å². The minimum Gasteiger partial charge on any atom is -0.493 e. The highest BCUT2D eigenvalue weighted by Gasteiger charge is 2.08. The Balaban J connectivity index is 1.61. The van der Waals surface area contributed by atoms with Crippen LogP contribution in [0.1, 0.15) is 32.0 Å². The predicted molar refractivity (Wildman–Crippen MR) is 104 cm³/mol. The molecule has 0 unspecified atom stereocenters. The number of carbonyl (C=O) groups excluding carboxylic acids is 1. The third-order valence-electron chi connectivity index (χ3n) is 3.91. The lowest BCUT2D eigenvalue weighted by Gasteiger charge is -2.11. The normalized spacial score (nSPS) is 10.7. The minimum absolute atomic E-state index is 0.167. The van der Waals surface area contributed by atoms with Gasteiger partial charge in [-0.3, -0.25) is 4.79 Å². The van der Waals surface area contributed by atoms with Gasteiger partial charge in [0.2, 0.25) is 0 Å². The number of benzene rings is 2. The second-order valence-electron chi connectivity index (χ2n) is 5.88. The summed E-state index contributed by atoms with van der Waals surface area (Å²) in [5.74, 6) is -0.247. The van der Waals surface area contributed by atoms with Crippen molar-refractivity contribution in [1.29, 1.82) is 0 Å². The first kappa shape index (κ1) is 19.7. The number of aromatic carboxylic acids is 1. The van der Waals surface area contributed by atoms with Crippen molar-refractivity contribution in [2.75, 3.05) is 7.11 Å². The van der Waals surface area contributed by atoms with Crippen LogP contribution in [0.5, 0.6) is 11.5 Å². The number of amides is 1. The summed E-state index contributed by atoms with van der Waals surface area (Å²) in [7, 11) is 1.52. The molecule has 8 nitrogen and oxygen atoms in total. The van der Waals surface area contributed by atoms with Crippen molar-refractivity contribution in [3.05, 3.63) is 83.3 Å². The summed E-state index contributed by atoms with van der Waals surface area (Å²) in [5.41, 5.74) is 4.10. The van der Waals surface area contributed by atoms with Crippen molar-refractivity contribution < 1.29 is 28.6 Å². The van der Waals surface area contributed by atoms with E-state index in [1.54, 1.807) is 36.4 Å². The lowest BCUT2D eigenvalue weighted by molar-refractivity contribution is 0.0696. The summed E-state index contributed by atoms with van der Waals surface area (Å²) >= 11 is 0. The maximum atomic E-state index is 11.8. The monoisotopic (exact) mass is 394 g/mol. The Morgan fingerprint density at radius 2 is 1.93 bits per heavy atom. The highest BCUT2D eigenvalue weighted by molar-refractivity contribution is 5.92. The topological polar surface area (TPSA) is 110 Å². The summed E-state index contributed by atoms with van der Waals surface area (Å²) in [4.78, 5) is 22.6. The molecule has 0 bridgehead atoms. The molecule has 3 aromatic rings. The van der Waals surface area contributed by atoms with Crippen LogP contribution in [-0.2, 0) is 6.61 Å². The van der Waals surface area contributed by atoms with Gasteiger partial charge in [-0.25, -0.2) is 10.2 Å². The maximum Gasteiger partial charge on any atom is 0.335 e. The summed E-state index contributed by atoms with van der Waals surface area (Å²) in [6.45, 7) is 0.253. The zero-order chi connectivity index (χ0) is 20.6. The second kappa shape index (κ2) is 9.23. The van der Waals surface area contributed by atoms with Crippen LogP contribution < -0.4 is 14.9 Å². The number of carbonyl (C=O) groups is 2. The first-order chi connectivity index (χ1) is 14.1. The highest BCUT2D eigenvalue weighted by Crippen LogP contribution is 2.28. The Morgan fingerprint density at radius 3 is 2.59 bits per heavy atom. The summed E-state index contributed by atoms with van der Waals surface area (Å²) in [6, 6.07) is 14.8. The molecule has 1 aromatic heterocycles. The second-order valence-corrected chi connectivity index (χ2v) is 5.88. The quantitative estimate of drug-likeness (QED) is 0.448. The molecule has 0 atom stereocenters. The van der Waals surface area contributed by atoms with Crippen molar-refractivity contribution in [2.45, 2.75) is 6.61 Å². The number of rotatable bonds is 8. The van der Waals surface area contributed by atoms with Crippen molar-refractivity contribution in [1.82, 2.24) is 5.43 Å². The largest absolute Gasteiger partial charge is 0.493 e. The Kier molecular flexibility index (Phi) is 6.26. The minimum atomic E-state index is -0.975. The van der Waals surface area contributed by atoms with Gasteiger partial charge in [-0.1, -0.05) is 12.1 Å². The van der Waals surface area contributed by atoms with Crippen molar-refractivity contribution in [2.24, 2.45) is 5.10 Å². The molecule has 0 saturated heterocycles. The number of hydrazone groups is 1. The summed E-state index contributed by atoms with van der Waals surface area (Å²) < 4.78 is 16.1. The number of nitrogens with zero attached hydrogens (tertiary/aromatic N) is 1. The van der Waals surface area contributed by atoms with Gasteiger partial charge in [0.05, 0.1) is 25.2 Å². The van der Waals surface area contributed by atoms with Gasteiger partial charge in [0, 0.05) is 0 Å². The number of carboxylic acid groups (broad SMARTS) is 1. The molecule has 0 aliphatic rings. The van der Waals surface area contributed by atoms with E-state index in [2.05, 4.69) is 10.5 Å². The number of hydrogen-bond donors (Lipinski definition) is 2. The molecule has 0 spiro atoms.